The van der Waals surface area contributed by atoms with Gasteiger partial charge in [0.15, 0.2) is 6.04 Å². The number of fused-ring (bicyclic) bond motifs is 1. The van der Waals surface area contributed by atoms with Crippen LogP contribution in [-0.4, -0.2) is 30.7 Å². The number of carboxylic acid groups (broad SMARTS) is 1. The predicted molar refractivity (Wildman–Crippen MR) is 90.6 cm³/mol. The van der Waals surface area contributed by atoms with E-state index in [1.54, 1.807) is 24.3 Å². The van der Waals surface area contributed by atoms with E-state index in [0.717, 1.165) is 11.3 Å². The smallest absolute Gasteiger partial charge is 0.330 e. The van der Waals surface area contributed by atoms with Gasteiger partial charge in [-0.3, -0.25) is 4.79 Å². The first kappa shape index (κ1) is 16.8. The lowest BCUT2D eigenvalue weighted by atomic mass is 9.95. The monoisotopic (exact) mass is 341 g/mol. The molecule has 2 atom stereocenters. The Morgan fingerprint density at radius 2 is 1.92 bits per heavy atom. The predicted octanol–water partition coefficient (Wildman–Crippen LogP) is 2.19. The number of benzene rings is 2. The topological polar surface area (TPSA) is 84.9 Å². The molecule has 0 aliphatic carbocycles. The summed E-state index contributed by atoms with van der Waals surface area (Å²) in [5.41, 5.74) is 1.43. The Kier molecular flexibility index (Phi) is 4.88. The molecule has 25 heavy (non-hydrogen) atoms. The lowest BCUT2D eigenvalue weighted by Gasteiger charge is -2.26. The van der Waals surface area contributed by atoms with Crippen molar-refractivity contribution in [2.45, 2.75) is 12.5 Å². The van der Waals surface area contributed by atoms with E-state index in [1.165, 1.54) is 7.11 Å². The number of hydrogen-bond donors (Lipinski definition) is 2. The lowest BCUT2D eigenvalue weighted by molar-refractivity contribution is -0.143. The maximum absolute atomic E-state index is 12.5. The fraction of sp³-hybridized carbons (Fsp3) is 0.263. The van der Waals surface area contributed by atoms with Gasteiger partial charge in [0.1, 0.15) is 18.1 Å². The molecule has 0 bridgehead atoms. The van der Waals surface area contributed by atoms with Crippen LogP contribution >= 0.6 is 0 Å². The zero-order valence-electron chi connectivity index (χ0n) is 13.8. The average Bonchev–Trinajstić information content (AvgIpc) is 2.65. The molecule has 2 aromatic carbocycles. The Morgan fingerprint density at radius 1 is 1.20 bits per heavy atom. The molecule has 0 saturated heterocycles. The summed E-state index contributed by atoms with van der Waals surface area (Å²) in [4.78, 5) is 24.1. The molecule has 1 heterocycles. The van der Waals surface area contributed by atoms with Crippen molar-refractivity contribution >= 4 is 11.9 Å². The number of carbonyl (C=O) groups excluding carboxylic acids is 1. The largest absolute Gasteiger partial charge is 0.497 e. The van der Waals surface area contributed by atoms with Gasteiger partial charge in [0.05, 0.1) is 13.0 Å². The summed E-state index contributed by atoms with van der Waals surface area (Å²) in [7, 11) is 1.53. The number of amides is 1. The Morgan fingerprint density at radius 3 is 2.60 bits per heavy atom. The van der Waals surface area contributed by atoms with Gasteiger partial charge in [-0.05, 0) is 35.7 Å². The SMILES string of the molecule is COc1ccc([C@@H](NC(=O)[C@@H]2COc3ccccc3C2)C(=O)O)cc1. The van der Waals surface area contributed by atoms with Crippen LogP contribution in [0.2, 0.25) is 0 Å². The number of hydrogen-bond acceptors (Lipinski definition) is 4. The molecule has 1 aliphatic heterocycles. The standard InChI is InChI=1S/C19H19NO5/c1-24-15-8-6-12(7-9-15)17(19(22)23)20-18(21)14-10-13-4-2-3-5-16(13)25-11-14/h2-9,14,17H,10-11H2,1H3,(H,20,21)(H,22,23)/t14-,17+/m0/s1. The Labute approximate surface area is 145 Å². The minimum atomic E-state index is -1.12. The molecule has 0 radical (unpaired) electrons. The second-order valence-electron chi connectivity index (χ2n) is 5.87. The molecule has 130 valence electrons. The molecule has 6 nitrogen and oxygen atoms in total. The highest BCUT2D eigenvalue weighted by Crippen LogP contribution is 2.27. The van der Waals surface area contributed by atoms with Crippen LogP contribution in [0.3, 0.4) is 0 Å². The van der Waals surface area contributed by atoms with Gasteiger partial charge in [-0.1, -0.05) is 30.3 Å². The summed E-state index contributed by atoms with van der Waals surface area (Å²) in [5, 5.41) is 12.1. The van der Waals surface area contributed by atoms with Crippen molar-refractivity contribution in [1.82, 2.24) is 5.32 Å². The minimum Gasteiger partial charge on any atom is -0.497 e. The van der Waals surface area contributed by atoms with Gasteiger partial charge in [-0.25, -0.2) is 4.79 Å². The maximum Gasteiger partial charge on any atom is 0.330 e. The number of nitrogens with one attached hydrogen (secondary N) is 1. The number of rotatable bonds is 5. The van der Waals surface area contributed by atoms with Gasteiger partial charge in [0, 0.05) is 0 Å². The third-order valence-electron chi connectivity index (χ3n) is 4.23. The van der Waals surface area contributed by atoms with Crippen LogP contribution in [0, 0.1) is 5.92 Å². The van der Waals surface area contributed by atoms with Crippen molar-refractivity contribution in [2.75, 3.05) is 13.7 Å². The van der Waals surface area contributed by atoms with E-state index >= 15 is 0 Å². The molecule has 1 aliphatic rings. The van der Waals surface area contributed by atoms with E-state index in [-0.39, 0.29) is 12.5 Å². The third-order valence-corrected chi connectivity index (χ3v) is 4.23. The second-order valence-corrected chi connectivity index (χ2v) is 5.87. The van der Waals surface area contributed by atoms with E-state index in [2.05, 4.69) is 5.32 Å². The van der Waals surface area contributed by atoms with E-state index in [4.69, 9.17) is 9.47 Å². The zero-order valence-corrected chi connectivity index (χ0v) is 13.8. The number of carbonyl (C=O) groups is 2. The molecule has 0 fully saturated rings. The van der Waals surface area contributed by atoms with E-state index < -0.39 is 17.9 Å². The molecule has 0 aromatic heterocycles. The summed E-state index contributed by atoms with van der Waals surface area (Å²) < 4.78 is 10.7. The number of para-hydroxylation sites is 1. The fourth-order valence-corrected chi connectivity index (χ4v) is 2.84. The fourth-order valence-electron chi connectivity index (χ4n) is 2.84. The van der Waals surface area contributed by atoms with Crippen molar-refractivity contribution in [2.24, 2.45) is 5.92 Å². The van der Waals surface area contributed by atoms with Gasteiger partial charge >= 0.3 is 5.97 Å². The first-order valence-electron chi connectivity index (χ1n) is 7.96. The molecule has 6 heteroatoms. The maximum atomic E-state index is 12.5. The van der Waals surface area contributed by atoms with E-state index in [1.807, 2.05) is 24.3 Å². The van der Waals surface area contributed by atoms with Crippen LogP contribution in [0.25, 0.3) is 0 Å². The van der Waals surface area contributed by atoms with Gasteiger partial charge in [-0.2, -0.15) is 0 Å². The second kappa shape index (κ2) is 7.25. The van der Waals surface area contributed by atoms with Crippen LogP contribution in [0.5, 0.6) is 11.5 Å². The molecule has 1 amide bonds. The lowest BCUT2D eigenvalue weighted by Crippen LogP contribution is -2.41. The van der Waals surface area contributed by atoms with Gasteiger partial charge in [-0.15, -0.1) is 0 Å². The summed E-state index contributed by atoms with van der Waals surface area (Å²) in [6, 6.07) is 13.0. The van der Waals surface area contributed by atoms with Crippen molar-refractivity contribution in [3.8, 4) is 11.5 Å². The van der Waals surface area contributed by atoms with Crippen molar-refractivity contribution in [1.29, 1.82) is 0 Å². The van der Waals surface area contributed by atoms with Gasteiger partial charge in [0.25, 0.3) is 0 Å². The Bertz CT molecular complexity index is 772. The van der Waals surface area contributed by atoms with Crippen LogP contribution in [0.1, 0.15) is 17.2 Å². The van der Waals surface area contributed by atoms with Crippen LogP contribution < -0.4 is 14.8 Å². The summed E-state index contributed by atoms with van der Waals surface area (Å²) >= 11 is 0. The molecule has 0 spiro atoms. The number of carboxylic acids is 1. The van der Waals surface area contributed by atoms with Crippen LogP contribution in [0.15, 0.2) is 48.5 Å². The normalized spacial score (nSPS) is 16.9. The Hall–Kier alpha value is -3.02. The van der Waals surface area contributed by atoms with E-state index in [9.17, 15) is 14.7 Å². The number of aliphatic carboxylic acids is 1. The van der Waals surface area contributed by atoms with Crippen molar-refractivity contribution in [3.63, 3.8) is 0 Å². The molecule has 0 unspecified atom stereocenters. The molecular formula is C19H19NO5. The highest BCUT2D eigenvalue weighted by atomic mass is 16.5. The number of ether oxygens (including phenoxy) is 2. The highest BCUT2D eigenvalue weighted by molar-refractivity contribution is 5.86. The summed E-state index contributed by atoms with van der Waals surface area (Å²) in [6.45, 7) is 0.234. The summed E-state index contributed by atoms with van der Waals surface area (Å²) in [5.74, 6) is -0.476. The molecule has 3 rings (SSSR count). The Balaban J connectivity index is 1.72. The molecular weight excluding hydrogens is 322 g/mol. The van der Waals surface area contributed by atoms with Crippen molar-refractivity contribution < 1.29 is 24.2 Å². The quantitative estimate of drug-likeness (QED) is 0.871. The summed E-state index contributed by atoms with van der Waals surface area (Å²) in [6.07, 6.45) is 0.525. The third kappa shape index (κ3) is 3.74. The minimum absolute atomic E-state index is 0.234. The first-order chi connectivity index (χ1) is 12.1. The highest BCUT2D eigenvalue weighted by Gasteiger charge is 2.30. The van der Waals surface area contributed by atoms with Gasteiger partial charge in [0.2, 0.25) is 5.91 Å². The van der Waals surface area contributed by atoms with E-state index in [0.29, 0.717) is 17.7 Å². The number of methoxy groups -OCH3 is 1. The molecule has 0 saturated carbocycles. The molecule has 2 aromatic rings. The zero-order chi connectivity index (χ0) is 17.8. The first-order valence-corrected chi connectivity index (χ1v) is 7.96. The average molecular weight is 341 g/mol. The van der Waals surface area contributed by atoms with Crippen LogP contribution in [0.4, 0.5) is 0 Å². The van der Waals surface area contributed by atoms with Crippen LogP contribution in [-0.2, 0) is 16.0 Å². The van der Waals surface area contributed by atoms with Crippen molar-refractivity contribution in [3.05, 3.63) is 59.7 Å². The molecule has 2 N–H and O–H groups in total. The van der Waals surface area contributed by atoms with Gasteiger partial charge < -0.3 is 19.9 Å².